The molecule has 1 aromatic rings. The second-order valence-electron chi connectivity index (χ2n) is 4.06. The minimum absolute atomic E-state index is 0.443. The molecule has 0 fully saturated rings. The Bertz CT molecular complexity index is 408. The van der Waals surface area contributed by atoms with Gasteiger partial charge in [0.2, 0.25) is 0 Å². The van der Waals surface area contributed by atoms with Crippen LogP contribution < -0.4 is 10.6 Å². The molecule has 0 aliphatic rings. The van der Waals surface area contributed by atoms with Crippen molar-refractivity contribution < 1.29 is 19.8 Å². The van der Waals surface area contributed by atoms with Gasteiger partial charge in [0.15, 0.2) is 6.04 Å². The average molecular weight is 266 g/mol. The van der Waals surface area contributed by atoms with Gasteiger partial charge in [-0.1, -0.05) is 30.3 Å². The zero-order valence-corrected chi connectivity index (χ0v) is 10.5. The predicted octanol–water partition coefficient (Wildman–Crippen LogP) is 0.364. The van der Waals surface area contributed by atoms with Crippen LogP contribution in [0.5, 0.6) is 0 Å². The first-order valence-corrected chi connectivity index (χ1v) is 6.05. The Morgan fingerprint density at radius 3 is 2.47 bits per heavy atom. The summed E-state index contributed by atoms with van der Waals surface area (Å²) in [6.45, 7) is -0.189. The van der Waals surface area contributed by atoms with Gasteiger partial charge >= 0.3 is 12.0 Å². The molecular formula is C13H18N2O4. The average Bonchev–Trinajstić information content (AvgIpc) is 2.42. The number of carboxylic acid groups (broad SMARTS) is 1. The van der Waals surface area contributed by atoms with Crippen molar-refractivity contribution >= 4 is 12.0 Å². The number of hydrogen-bond acceptors (Lipinski definition) is 3. The number of aliphatic carboxylic acids is 1. The third kappa shape index (κ3) is 5.87. The van der Waals surface area contributed by atoms with Gasteiger partial charge in [0.05, 0.1) is 6.61 Å². The number of rotatable bonds is 7. The maximum atomic E-state index is 11.3. The highest BCUT2D eigenvalue weighted by molar-refractivity contribution is 5.82. The summed E-state index contributed by atoms with van der Waals surface area (Å²) in [5, 5.41) is 22.1. The molecule has 0 radical (unpaired) electrons. The topological polar surface area (TPSA) is 98.7 Å². The van der Waals surface area contributed by atoms with Crippen LogP contribution in [0.4, 0.5) is 4.79 Å². The number of aliphatic hydroxyl groups excluding tert-OH is 1. The number of aryl methyl sites for hydroxylation is 1. The number of urea groups is 1. The van der Waals surface area contributed by atoms with Gasteiger partial charge in [-0.2, -0.15) is 0 Å². The van der Waals surface area contributed by atoms with E-state index in [0.29, 0.717) is 6.54 Å². The van der Waals surface area contributed by atoms with Crippen LogP contribution in [-0.2, 0) is 11.2 Å². The van der Waals surface area contributed by atoms with E-state index in [0.717, 1.165) is 12.8 Å². The summed E-state index contributed by atoms with van der Waals surface area (Å²) in [6.07, 6.45) is 1.60. The molecule has 1 atom stereocenters. The highest BCUT2D eigenvalue weighted by Crippen LogP contribution is 2.01. The third-order valence-corrected chi connectivity index (χ3v) is 2.56. The summed E-state index contributed by atoms with van der Waals surface area (Å²) >= 11 is 0. The van der Waals surface area contributed by atoms with E-state index in [-0.39, 0.29) is 0 Å². The van der Waals surface area contributed by atoms with E-state index in [9.17, 15) is 9.59 Å². The first-order valence-electron chi connectivity index (χ1n) is 6.05. The molecule has 0 bridgehead atoms. The Morgan fingerprint density at radius 1 is 1.21 bits per heavy atom. The molecule has 2 amide bonds. The van der Waals surface area contributed by atoms with Gasteiger partial charge in [-0.15, -0.1) is 0 Å². The summed E-state index contributed by atoms with van der Waals surface area (Å²) in [7, 11) is 0. The molecule has 0 spiro atoms. The summed E-state index contributed by atoms with van der Waals surface area (Å²) < 4.78 is 0. The lowest BCUT2D eigenvalue weighted by Gasteiger charge is -2.12. The normalized spacial score (nSPS) is 11.6. The van der Waals surface area contributed by atoms with E-state index in [1.807, 2.05) is 30.3 Å². The van der Waals surface area contributed by atoms with Crippen molar-refractivity contribution in [3.05, 3.63) is 35.9 Å². The first-order chi connectivity index (χ1) is 9.13. The molecular weight excluding hydrogens is 248 g/mol. The zero-order chi connectivity index (χ0) is 14.1. The Morgan fingerprint density at radius 2 is 1.89 bits per heavy atom. The van der Waals surface area contributed by atoms with E-state index in [2.05, 4.69) is 10.6 Å². The van der Waals surface area contributed by atoms with Gasteiger partial charge in [-0.25, -0.2) is 9.59 Å². The monoisotopic (exact) mass is 266 g/mol. The molecule has 4 N–H and O–H groups in total. The van der Waals surface area contributed by atoms with Crippen LogP contribution in [0, 0.1) is 0 Å². The molecule has 0 heterocycles. The standard InChI is InChI=1S/C13H18N2O4/c16-9-11(12(17)18)15-13(19)14-8-4-7-10-5-2-1-3-6-10/h1-3,5-6,11,16H,4,7-9H2,(H,17,18)(H2,14,15,19)/t11-/m1/s1. The molecule has 104 valence electrons. The fraction of sp³-hybridized carbons (Fsp3) is 0.385. The van der Waals surface area contributed by atoms with Gasteiger partial charge in [-0.3, -0.25) is 0 Å². The fourth-order valence-corrected chi connectivity index (χ4v) is 1.53. The number of amides is 2. The molecule has 0 unspecified atom stereocenters. The number of aliphatic hydroxyl groups is 1. The highest BCUT2D eigenvalue weighted by Gasteiger charge is 2.17. The summed E-state index contributed by atoms with van der Waals surface area (Å²) in [5.74, 6) is -1.26. The van der Waals surface area contributed by atoms with Gasteiger partial charge < -0.3 is 20.8 Å². The second-order valence-corrected chi connectivity index (χ2v) is 4.06. The lowest BCUT2D eigenvalue weighted by atomic mass is 10.1. The summed E-state index contributed by atoms with van der Waals surface area (Å²) in [5.41, 5.74) is 1.18. The number of benzene rings is 1. The molecule has 0 aromatic heterocycles. The zero-order valence-electron chi connectivity index (χ0n) is 10.5. The SMILES string of the molecule is O=C(NCCCc1ccccc1)N[C@H](CO)C(=O)O. The van der Waals surface area contributed by atoms with Crippen molar-refractivity contribution in [3.8, 4) is 0 Å². The smallest absolute Gasteiger partial charge is 0.328 e. The minimum atomic E-state index is -1.27. The van der Waals surface area contributed by atoms with Crippen LogP contribution in [0.25, 0.3) is 0 Å². The Kier molecular flexibility index (Phi) is 6.38. The Hall–Kier alpha value is -2.08. The number of nitrogens with one attached hydrogen (secondary N) is 2. The maximum absolute atomic E-state index is 11.3. The molecule has 6 nitrogen and oxygen atoms in total. The third-order valence-electron chi connectivity index (χ3n) is 2.56. The minimum Gasteiger partial charge on any atom is -0.480 e. The van der Waals surface area contributed by atoms with Crippen molar-refractivity contribution in [2.24, 2.45) is 0 Å². The lowest BCUT2D eigenvalue weighted by Crippen LogP contribution is -2.48. The summed E-state index contributed by atoms with van der Waals surface area (Å²) in [6, 6.07) is 8.00. The highest BCUT2D eigenvalue weighted by atomic mass is 16.4. The largest absolute Gasteiger partial charge is 0.480 e. The Balaban J connectivity index is 2.19. The van der Waals surface area contributed by atoms with Gasteiger partial charge in [0.1, 0.15) is 0 Å². The fourth-order valence-electron chi connectivity index (χ4n) is 1.53. The van der Waals surface area contributed by atoms with E-state index >= 15 is 0 Å². The quantitative estimate of drug-likeness (QED) is 0.536. The van der Waals surface area contributed by atoms with Crippen LogP contribution in [0.15, 0.2) is 30.3 Å². The van der Waals surface area contributed by atoms with Crippen LogP contribution in [0.1, 0.15) is 12.0 Å². The van der Waals surface area contributed by atoms with Crippen molar-refractivity contribution in [3.63, 3.8) is 0 Å². The molecule has 1 aromatic carbocycles. The van der Waals surface area contributed by atoms with Gasteiger partial charge in [-0.05, 0) is 18.4 Å². The summed E-state index contributed by atoms with van der Waals surface area (Å²) in [4.78, 5) is 21.9. The molecule has 6 heteroatoms. The van der Waals surface area contributed by atoms with Crippen LogP contribution in [0.2, 0.25) is 0 Å². The van der Waals surface area contributed by atoms with Crippen LogP contribution in [0.3, 0.4) is 0 Å². The number of carbonyl (C=O) groups is 2. The van der Waals surface area contributed by atoms with Gasteiger partial charge in [0.25, 0.3) is 0 Å². The van der Waals surface area contributed by atoms with E-state index in [1.54, 1.807) is 0 Å². The number of carboxylic acids is 1. The van der Waals surface area contributed by atoms with Crippen LogP contribution >= 0.6 is 0 Å². The van der Waals surface area contributed by atoms with E-state index in [4.69, 9.17) is 10.2 Å². The number of hydrogen-bond donors (Lipinski definition) is 4. The van der Waals surface area contributed by atoms with Crippen molar-refractivity contribution in [1.82, 2.24) is 10.6 Å². The lowest BCUT2D eigenvalue weighted by molar-refractivity contribution is -0.140. The van der Waals surface area contributed by atoms with Crippen molar-refractivity contribution in [2.45, 2.75) is 18.9 Å². The van der Waals surface area contributed by atoms with Crippen molar-refractivity contribution in [1.29, 1.82) is 0 Å². The molecule has 1 rings (SSSR count). The molecule has 0 saturated heterocycles. The molecule has 19 heavy (non-hydrogen) atoms. The maximum Gasteiger partial charge on any atom is 0.328 e. The van der Waals surface area contributed by atoms with Gasteiger partial charge in [0, 0.05) is 6.54 Å². The predicted molar refractivity (Wildman–Crippen MR) is 69.8 cm³/mol. The van der Waals surface area contributed by atoms with Crippen molar-refractivity contribution in [2.75, 3.05) is 13.2 Å². The first kappa shape index (κ1) is 15.0. The van der Waals surface area contributed by atoms with Crippen LogP contribution in [-0.4, -0.2) is 41.4 Å². The Labute approximate surface area is 111 Å². The number of carbonyl (C=O) groups excluding carboxylic acids is 1. The molecule has 0 saturated carbocycles. The second kappa shape index (κ2) is 8.10. The molecule has 0 aliphatic carbocycles. The molecule has 0 aliphatic heterocycles. The van der Waals surface area contributed by atoms with E-state index < -0.39 is 24.6 Å². The van der Waals surface area contributed by atoms with E-state index in [1.165, 1.54) is 5.56 Å².